The highest BCUT2D eigenvalue weighted by Gasteiger charge is 2.16. The Labute approximate surface area is 169 Å². The Kier molecular flexibility index (Phi) is 7.90. The van der Waals surface area contributed by atoms with Crippen LogP contribution in [0.4, 0.5) is 11.5 Å². The van der Waals surface area contributed by atoms with Gasteiger partial charge in [-0.2, -0.15) is 4.98 Å². The van der Waals surface area contributed by atoms with Gasteiger partial charge in [-0.1, -0.05) is 12.5 Å². The van der Waals surface area contributed by atoms with E-state index in [9.17, 15) is 18.5 Å². The summed E-state index contributed by atoms with van der Waals surface area (Å²) in [6, 6.07) is 4.95. The number of nitro benzene ring substituents is 1. The van der Waals surface area contributed by atoms with Crippen molar-refractivity contribution >= 4 is 49.1 Å². The highest BCUT2D eigenvalue weighted by Crippen LogP contribution is 2.20. The molecule has 0 unspecified atom stereocenters. The molecule has 146 valence electrons. The number of hydrogen-bond donors (Lipinski definition) is 2. The molecule has 0 spiro atoms. The molecule has 1 heterocycles. The summed E-state index contributed by atoms with van der Waals surface area (Å²) in [5.74, 6) is 0.598. The van der Waals surface area contributed by atoms with E-state index in [1.807, 2.05) is 0 Å². The molecule has 0 bridgehead atoms. The Morgan fingerprint density at radius 2 is 1.96 bits per heavy atom. The molecule has 0 saturated carbocycles. The topological polar surface area (TPSA) is 127 Å². The van der Waals surface area contributed by atoms with Crippen molar-refractivity contribution in [2.24, 2.45) is 0 Å². The van der Waals surface area contributed by atoms with Crippen LogP contribution in [-0.4, -0.2) is 36.4 Å². The van der Waals surface area contributed by atoms with Crippen LogP contribution < -0.4 is 10.0 Å². The molecule has 27 heavy (non-hydrogen) atoms. The lowest BCUT2D eigenvalue weighted by Gasteiger charge is -2.08. The second kappa shape index (κ2) is 9.93. The molecule has 1 aromatic carbocycles. The summed E-state index contributed by atoms with van der Waals surface area (Å²) < 4.78 is 27.5. The molecule has 0 atom stereocenters. The van der Waals surface area contributed by atoms with Crippen LogP contribution in [0.2, 0.25) is 5.28 Å². The predicted molar refractivity (Wildman–Crippen MR) is 105 cm³/mol. The Balaban J connectivity index is 1.72. The lowest BCUT2D eigenvalue weighted by atomic mass is 10.2. The molecule has 9 nitrogen and oxygen atoms in total. The number of nitro groups is 1. The fourth-order valence-corrected chi connectivity index (χ4v) is 3.74. The van der Waals surface area contributed by atoms with Gasteiger partial charge in [0, 0.05) is 31.4 Å². The maximum atomic E-state index is 12.2. The van der Waals surface area contributed by atoms with Gasteiger partial charge in [0.25, 0.3) is 5.69 Å². The molecule has 0 radical (unpaired) electrons. The molecule has 0 amide bonds. The maximum Gasteiger partial charge on any atom is 0.270 e. The number of rotatable bonds is 10. The lowest BCUT2D eigenvalue weighted by molar-refractivity contribution is -0.385. The van der Waals surface area contributed by atoms with E-state index >= 15 is 0 Å². The van der Waals surface area contributed by atoms with Gasteiger partial charge in [0.1, 0.15) is 5.82 Å². The van der Waals surface area contributed by atoms with Crippen LogP contribution in [0.15, 0.2) is 39.8 Å². The molecule has 12 heteroatoms. The largest absolute Gasteiger partial charge is 0.369 e. The monoisotopic (exact) mass is 477 g/mol. The summed E-state index contributed by atoms with van der Waals surface area (Å²) in [5.41, 5.74) is -0.264. The summed E-state index contributed by atoms with van der Waals surface area (Å²) in [7, 11) is -3.77. The van der Waals surface area contributed by atoms with E-state index in [-0.39, 0.29) is 22.4 Å². The first-order valence-corrected chi connectivity index (χ1v) is 10.6. The van der Waals surface area contributed by atoms with Gasteiger partial charge in [-0.3, -0.25) is 10.1 Å². The van der Waals surface area contributed by atoms with Crippen molar-refractivity contribution in [1.29, 1.82) is 0 Å². The fraction of sp³-hybridized carbons (Fsp3) is 0.333. The van der Waals surface area contributed by atoms with Gasteiger partial charge in [-0.25, -0.2) is 18.1 Å². The van der Waals surface area contributed by atoms with Crippen LogP contribution in [0, 0.1) is 10.1 Å². The summed E-state index contributed by atoms with van der Waals surface area (Å²) in [5, 5.41) is 14.0. The SMILES string of the molecule is O=[N+]([O-])c1cccc(S(=O)(=O)NCCCCCNc2nc(Cl)ncc2Br)c1. The van der Waals surface area contributed by atoms with Crippen LogP contribution >= 0.6 is 27.5 Å². The molecule has 2 aromatic rings. The summed E-state index contributed by atoms with van der Waals surface area (Å²) in [6.07, 6.45) is 3.76. The normalized spacial score (nSPS) is 11.3. The Morgan fingerprint density at radius 1 is 1.22 bits per heavy atom. The number of aromatic nitrogens is 2. The van der Waals surface area contributed by atoms with Gasteiger partial charge in [0.15, 0.2) is 0 Å². The van der Waals surface area contributed by atoms with E-state index in [1.165, 1.54) is 18.2 Å². The second-order valence-corrected chi connectivity index (χ2v) is 8.43. The Bertz CT molecular complexity index is 913. The molecule has 0 aliphatic rings. The zero-order chi connectivity index (χ0) is 19.9. The van der Waals surface area contributed by atoms with E-state index in [0.29, 0.717) is 23.3 Å². The summed E-state index contributed by atoms with van der Waals surface area (Å²) >= 11 is 9.05. The van der Waals surface area contributed by atoms with E-state index in [4.69, 9.17) is 11.6 Å². The molecule has 0 saturated heterocycles. The van der Waals surface area contributed by atoms with Crippen molar-refractivity contribution in [1.82, 2.24) is 14.7 Å². The first-order chi connectivity index (χ1) is 12.8. The highest BCUT2D eigenvalue weighted by atomic mass is 79.9. The van der Waals surface area contributed by atoms with E-state index in [1.54, 1.807) is 6.20 Å². The van der Waals surface area contributed by atoms with Crippen LogP contribution in [-0.2, 0) is 10.0 Å². The van der Waals surface area contributed by atoms with Gasteiger partial charge in [-0.05, 0) is 46.4 Å². The van der Waals surface area contributed by atoms with Crippen molar-refractivity contribution in [2.45, 2.75) is 24.2 Å². The van der Waals surface area contributed by atoms with E-state index in [2.05, 4.69) is 35.9 Å². The average Bonchev–Trinajstić information content (AvgIpc) is 2.63. The summed E-state index contributed by atoms with van der Waals surface area (Å²) in [4.78, 5) is 17.9. The fourth-order valence-electron chi connectivity index (χ4n) is 2.16. The van der Waals surface area contributed by atoms with Gasteiger partial charge in [0.05, 0.1) is 14.3 Å². The molecule has 0 aliphatic heterocycles. The standard InChI is InChI=1S/C15H17BrClN5O4S/c16-13-10-19-15(17)21-14(13)18-7-2-1-3-8-20-27(25,26)12-6-4-5-11(9-12)22(23)24/h4-6,9-10,20H,1-3,7-8H2,(H,18,19,21). The third kappa shape index (κ3) is 6.69. The first-order valence-electron chi connectivity index (χ1n) is 7.95. The number of non-ortho nitro benzene ring substituents is 1. The molecule has 1 aromatic heterocycles. The number of sulfonamides is 1. The van der Waals surface area contributed by atoms with Crippen molar-refractivity contribution in [3.63, 3.8) is 0 Å². The van der Waals surface area contributed by atoms with Gasteiger partial charge in [0.2, 0.25) is 15.3 Å². The zero-order valence-electron chi connectivity index (χ0n) is 14.1. The van der Waals surface area contributed by atoms with Crippen molar-refractivity contribution < 1.29 is 13.3 Å². The molecule has 0 aliphatic carbocycles. The number of nitrogens with zero attached hydrogens (tertiary/aromatic N) is 3. The van der Waals surface area contributed by atoms with E-state index < -0.39 is 14.9 Å². The van der Waals surface area contributed by atoms with Gasteiger partial charge < -0.3 is 5.32 Å². The van der Waals surface area contributed by atoms with Crippen molar-refractivity contribution in [3.05, 3.63) is 50.3 Å². The number of anilines is 1. The number of halogens is 2. The zero-order valence-corrected chi connectivity index (χ0v) is 17.2. The third-order valence-corrected chi connectivity index (χ3v) is 5.71. The quantitative estimate of drug-likeness (QED) is 0.232. The maximum absolute atomic E-state index is 12.2. The van der Waals surface area contributed by atoms with Crippen LogP contribution in [0.25, 0.3) is 0 Å². The first kappa shape index (κ1) is 21.5. The second-order valence-electron chi connectivity index (χ2n) is 5.48. The molecule has 2 N–H and O–H groups in total. The molecular formula is C15H17BrClN5O4S. The number of nitrogens with one attached hydrogen (secondary N) is 2. The predicted octanol–water partition coefficient (Wildman–Crippen LogP) is 3.36. The highest BCUT2D eigenvalue weighted by molar-refractivity contribution is 9.10. The molecule has 2 rings (SSSR count). The number of hydrogen-bond acceptors (Lipinski definition) is 7. The van der Waals surface area contributed by atoms with Crippen molar-refractivity contribution in [2.75, 3.05) is 18.4 Å². The molecular weight excluding hydrogens is 462 g/mol. The van der Waals surface area contributed by atoms with Crippen LogP contribution in [0.5, 0.6) is 0 Å². The number of benzene rings is 1. The van der Waals surface area contributed by atoms with Crippen LogP contribution in [0.1, 0.15) is 19.3 Å². The van der Waals surface area contributed by atoms with Crippen molar-refractivity contribution in [3.8, 4) is 0 Å². The molecule has 0 fully saturated rings. The minimum Gasteiger partial charge on any atom is -0.369 e. The van der Waals surface area contributed by atoms with Crippen LogP contribution in [0.3, 0.4) is 0 Å². The van der Waals surface area contributed by atoms with E-state index in [0.717, 1.165) is 18.9 Å². The third-order valence-electron chi connectivity index (χ3n) is 3.49. The van der Waals surface area contributed by atoms with Gasteiger partial charge in [-0.15, -0.1) is 0 Å². The smallest absolute Gasteiger partial charge is 0.270 e. The minimum absolute atomic E-state index is 0.121. The average molecular weight is 479 g/mol. The lowest BCUT2D eigenvalue weighted by Crippen LogP contribution is -2.25. The van der Waals surface area contributed by atoms with Gasteiger partial charge >= 0.3 is 0 Å². The number of unbranched alkanes of at least 4 members (excludes halogenated alkanes) is 2. The summed E-state index contributed by atoms with van der Waals surface area (Å²) in [6.45, 7) is 0.887. The Morgan fingerprint density at radius 3 is 2.70 bits per heavy atom. The Hall–Kier alpha value is -1.82. The minimum atomic E-state index is -3.77.